The number of aromatic nitrogens is 1. The summed E-state index contributed by atoms with van der Waals surface area (Å²) >= 11 is 1.03. The predicted molar refractivity (Wildman–Crippen MR) is 65.2 cm³/mol. The first-order valence-electron chi connectivity index (χ1n) is 5.60. The number of hydrogen-bond donors (Lipinski definition) is 2. The van der Waals surface area contributed by atoms with E-state index >= 15 is 0 Å². The van der Waals surface area contributed by atoms with Crippen molar-refractivity contribution in [3.05, 3.63) is 16.3 Å². The molecule has 0 bridgehead atoms. The van der Waals surface area contributed by atoms with Crippen LogP contribution in [0.4, 0.5) is 10.1 Å². The van der Waals surface area contributed by atoms with Crippen molar-refractivity contribution in [3.63, 3.8) is 0 Å². The fourth-order valence-corrected chi connectivity index (χ4v) is 2.84. The molecule has 0 atom stereocenters. The molecule has 0 aliphatic heterocycles. The molecule has 0 unspecified atom stereocenters. The number of nitro groups is 1. The van der Waals surface area contributed by atoms with Crippen LogP contribution < -0.4 is 5.32 Å². The highest BCUT2D eigenvalue weighted by molar-refractivity contribution is 7.18. The third-order valence-corrected chi connectivity index (χ3v) is 4.19. The summed E-state index contributed by atoms with van der Waals surface area (Å²) in [6.45, 7) is 0.793. The maximum absolute atomic E-state index is 10.5. The zero-order chi connectivity index (χ0) is 12.3. The maximum Gasteiger partial charge on any atom is 0.345 e. The second-order valence-electron chi connectivity index (χ2n) is 4.48. The zero-order valence-electron chi connectivity index (χ0n) is 9.39. The van der Waals surface area contributed by atoms with Gasteiger partial charge in [-0.05, 0) is 24.2 Å². The highest BCUT2D eigenvalue weighted by atomic mass is 32.1. The number of aliphatic hydroxyl groups excluding tert-OH is 1. The minimum absolute atomic E-state index is 0.0389. The van der Waals surface area contributed by atoms with E-state index in [0.717, 1.165) is 37.0 Å². The molecule has 7 heteroatoms. The normalized spacial score (nSPS) is 18.2. The van der Waals surface area contributed by atoms with Crippen LogP contribution in [0.25, 0.3) is 0 Å². The van der Waals surface area contributed by atoms with Crippen molar-refractivity contribution >= 4 is 21.5 Å². The summed E-state index contributed by atoms with van der Waals surface area (Å²) < 4.78 is 0. The topological polar surface area (TPSA) is 88.3 Å². The maximum atomic E-state index is 10.5. The van der Waals surface area contributed by atoms with Crippen molar-refractivity contribution in [2.75, 3.05) is 18.5 Å². The molecule has 0 amide bonds. The number of hydrogen-bond acceptors (Lipinski definition) is 6. The Bertz CT molecular complexity index is 401. The lowest BCUT2D eigenvalue weighted by Gasteiger charge is -2.26. The molecule has 94 valence electrons. The van der Waals surface area contributed by atoms with Crippen molar-refractivity contribution in [2.45, 2.75) is 25.7 Å². The lowest BCUT2D eigenvalue weighted by molar-refractivity contribution is -0.380. The SMILES string of the molecule is O=[N+]([O-])c1cnc(NCC2(CO)CCCC2)s1. The van der Waals surface area contributed by atoms with Gasteiger partial charge in [-0.2, -0.15) is 0 Å². The fraction of sp³-hybridized carbons (Fsp3) is 0.700. The average molecular weight is 257 g/mol. The van der Waals surface area contributed by atoms with Gasteiger partial charge in [0.25, 0.3) is 0 Å². The summed E-state index contributed by atoms with van der Waals surface area (Å²) in [6.07, 6.45) is 5.54. The monoisotopic (exact) mass is 257 g/mol. The molecule has 1 aromatic rings. The first kappa shape index (κ1) is 12.3. The Kier molecular flexibility index (Phi) is 3.58. The van der Waals surface area contributed by atoms with Crippen LogP contribution >= 0.6 is 11.3 Å². The molecular weight excluding hydrogens is 242 g/mol. The number of rotatable bonds is 5. The largest absolute Gasteiger partial charge is 0.396 e. The van der Waals surface area contributed by atoms with Gasteiger partial charge in [-0.3, -0.25) is 10.1 Å². The second kappa shape index (κ2) is 4.97. The summed E-state index contributed by atoms with van der Waals surface area (Å²) in [4.78, 5) is 14.0. The third-order valence-electron chi connectivity index (χ3n) is 3.29. The van der Waals surface area contributed by atoms with E-state index in [2.05, 4.69) is 10.3 Å². The van der Waals surface area contributed by atoms with Crippen LogP contribution in [0.3, 0.4) is 0 Å². The standard InChI is InChI=1S/C10H15N3O3S/c14-7-10(3-1-2-4-10)6-12-9-11-5-8(17-9)13(15)16/h5,14H,1-4,6-7H2,(H,11,12). The number of aliphatic hydroxyl groups is 1. The van der Waals surface area contributed by atoms with Gasteiger partial charge in [0.2, 0.25) is 0 Å². The van der Waals surface area contributed by atoms with Crippen molar-refractivity contribution in [2.24, 2.45) is 5.41 Å². The Morgan fingerprint density at radius 2 is 2.29 bits per heavy atom. The first-order valence-corrected chi connectivity index (χ1v) is 6.42. The molecule has 1 aliphatic carbocycles. The van der Waals surface area contributed by atoms with E-state index in [0.29, 0.717) is 11.7 Å². The predicted octanol–water partition coefficient (Wildman–Crippen LogP) is 2.02. The highest BCUT2D eigenvalue weighted by Crippen LogP contribution is 2.38. The lowest BCUT2D eigenvalue weighted by atomic mass is 9.87. The molecular formula is C10H15N3O3S. The van der Waals surface area contributed by atoms with Crippen LogP contribution in [0.2, 0.25) is 0 Å². The van der Waals surface area contributed by atoms with Gasteiger partial charge in [0, 0.05) is 12.0 Å². The Hall–Kier alpha value is -1.21. The van der Waals surface area contributed by atoms with Crippen molar-refractivity contribution in [3.8, 4) is 0 Å². The van der Waals surface area contributed by atoms with Crippen LogP contribution in [0.15, 0.2) is 6.20 Å². The van der Waals surface area contributed by atoms with Crippen LogP contribution in [0.5, 0.6) is 0 Å². The average Bonchev–Trinajstić information content (AvgIpc) is 2.96. The molecule has 2 N–H and O–H groups in total. The molecule has 1 heterocycles. The zero-order valence-corrected chi connectivity index (χ0v) is 10.2. The van der Waals surface area contributed by atoms with Crippen molar-refractivity contribution in [1.82, 2.24) is 4.98 Å². The Morgan fingerprint density at radius 1 is 1.59 bits per heavy atom. The number of anilines is 1. The van der Waals surface area contributed by atoms with Gasteiger partial charge in [0.05, 0.1) is 11.5 Å². The molecule has 0 aromatic carbocycles. The molecule has 17 heavy (non-hydrogen) atoms. The van der Waals surface area contributed by atoms with E-state index in [4.69, 9.17) is 0 Å². The van der Waals surface area contributed by atoms with E-state index in [1.807, 2.05) is 0 Å². The van der Waals surface area contributed by atoms with Crippen LogP contribution in [0.1, 0.15) is 25.7 Å². The van der Waals surface area contributed by atoms with E-state index in [9.17, 15) is 15.2 Å². The van der Waals surface area contributed by atoms with Gasteiger partial charge in [0.1, 0.15) is 6.20 Å². The molecule has 1 fully saturated rings. The summed E-state index contributed by atoms with van der Waals surface area (Å²) in [5.74, 6) is 0. The molecule has 6 nitrogen and oxygen atoms in total. The molecule has 0 saturated heterocycles. The number of nitrogens with one attached hydrogen (secondary N) is 1. The van der Waals surface area contributed by atoms with Gasteiger partial charge in [-0.15, -0.1) is 0 Å². The van der Waals surface area contributed by atoms with E-state index in [-0.39, 0.29) is 17.0 Å². The lowest BCUT2D eigenvalue weighted by Crippen LogP contribution is -2.30. The molecule has 1 saturated carbocycles. The summed E-state index contributed by atoms with van der Waals surface area (Å²) in [5, 5.41) is 23.6. The summed E-state index contributed by atoms with van der Waals surface area (Å²) in [6, 6.07) is 0. The first-order chi connectivity index (χ1) is 8.15. The third kappa shape index (κ3) is 2.73. The van der Waals surface area contributed by atoms with E-state index < -0.39 is 4.92 Å². The van der Waals surface area contributed by atoms with Gasteiger partial charge >= 0.3 is 5.00 Å². The number of nitrogens with zero attached hydrogens (tertiary/aromatic N) is 2. The van der Waals surface area contributed by atoms with Gasteiger partial charge < -0.3 is 10.4 Å². The smallest absolute Gasteiger partial charge is 0.345 e. The quantitative estimate of drug-likeness (QED) is 0.622. The summed E-state index contributed by atoms with van der Waals surface area (Å²) in [7, 11) is 0. The van der Waals surface area contributed by atoms with Gasteiger partial charge in [-0.25, -0.2) is 4.98 Å². The number of thiazole rings is 1. The Morgan fingerprint density at radius 3 is 2.82 bits per heavy atom. The molecule has 1 aliphatic rings. The highest BCUT2D eigenvalue weighted by Gasteiger charge is 2.33. The van der Waals surface area contributed by atoms with Crippen molar-refractivity contribution in [1.29, 1.82) is 0 Å². The van der Waals surface area contributed by atoms with E-state index in [1.54, 1.807) is 0 Å². The molecule has 0 spiro atoms. The van der Waals surface area contributed by atoms with Crippen LogP contribution in [0, 0.1) is 15.5 Å². The van der Waals surface area contributed by atoms with Gasteiger partial charge in [0.15, 0.2) is 5.13 Å². The molecule has 2 rings (SSSR count). The summed E-state index contributed by atoms with van der Waals surface area (Å²) in [5.41, 5.74) is -0.0690. The van der Waals surface area contributed by atoms with Crippen LogP contribution in [-0.2, 0) is 0 Å². The Labute approximate surface area is 103 Å². The minimum Gasteiger partial charge on any atom is -0.396 e. The fourth-order valence-electron chi connectivity index (χ4n) is 2.21. The van der Waals surface area contributed by atoms with E-state index in [1.165, 1.54) is 6.20 Å². The van der Waals surface area contributed by atoms with Crippen LogP contribution in [-0.4, -0.2) is 28.2 Å². The molecule has 0 radical (unpaired) electrons. The van der Waals surface area contributed by atoms with Crippen molar-refractivity contribution < 1.29 is 10.0 Å². The minimum atomic E-state index is -0.444. The molecule has 1 aromatic heterocycles. The van der Waals surface area contributed by atoms with Gasteiger partial charge in [-0.1, -0.05) is 12.8 Å². The second-order valence-corrected chi connectivity index (χ2v) is 5.49. The Balaban J connectivity index is 1.94.